The molecular weight excluding hydrogens is 426 g/mol. The Kier molecular flexibility index (Phi) is 6.50. The third kappa shape index (κ3) is 4.51. The molecule has 0 unspecified atom stereocenters. The Morgan fingerprint density at radius 2 is 1.88 bits per heavy atom. The lowest BCUT2D eigenvalue weighted by molar-refractivity contribution is 0.0815. The number of pyridine rings is 1. The predicted molar refractivity (Wildman–Crippen MR) is 137 cm³/mol. The molecule has 8 nitrogen and oxygen atoms in total. The zero-order valence-corrected chi connectivity index (χ0v) is 20.5. The first-order valence-corrected chi connectivity index (χ1v) is 12.6. The molecule has 0 radical (unpaired) electrons. The largest absolute Gasteiger partial charge is 0.343 e. The number of amides is 1. The second kappa shape index (κ2) is 9.70. The SMILES string of the molecule is CCN1CCC(c2ccc(Nc3ncc4cc(C(=O)N(C)C)n(C5CCCC5)c4n3)nc2)CC1.[HH]. The van der Waals surface area contributed by atoms with E-state index in [2.05, 4.69) is 37.7 Å². The van der Waals surface area contributed by atoms with Crippen molar-refractivity contribution in [3.05, 3.63) is 41.9 Å². The van der Waals surface area contributed by atoms with Gasteiger partial charge < -0.3 is 19.7 Å². The quantitative estimate of drug-likeness (QED) is 0.564. The molecule has 1 amide bonds. The van der Waals surface area contributed by atoms with Gasteiger partial charge in [-0.2, -0.15) is 4.98 Å². The van der Waals surface area contributed by atoms with Crippen LogP contribution in [0.3, 0.4) is 0 Å². The van der Waals surface area contributed by atoms with E-state index in [1.807, 2.05) is 18.3 Å². The Balaban J connectivity index is 0.00000289. The van der Waals surface area contributed by atoms with Crippen molar-refractivity contribution in [3.8, 4) is 0 Å². The highest BCUT2D eigenvalue weighted by molar-refractivity contribution is 5.97. The Bertz CT molecular complexity index is 1150. The zero-order chi connectivity index (χ0) is 23.7. The first kappa shape index (κ1) is 22.8. The lowest BCUT2D eigenvalue weighted by Gasteiger charge is -2.31. The van der Waals surface area contributed by atoms with Crippen LogP contribution in [0.25, 0.3) is 11.0 Å². The first-order chi connectivity index (χ1) is 16.5. The van der Waals surface area contributed by atoms with Crippen molar-refractivity contribution in [1.82, 2.24) is 29.3 Å². The lowest BCUT2D eigenvalue weighted by Crippen LogP contribution is -2.32. The normalized spacial score (nSPS) is 18.0. The molecule has 1 N–H and O–H groups in total. The molecule has 8 heteroatoms. The van der Waals surface area contributed by atoms with Crippen molar-refractivity contribution in [2.45, 2.75) is 57.4 Å². The number of aromatic nitrogens is 4. The first-order valence-electron chi connectivity index (χ1n) is 12.6. The Morgan fingerprint density at radius 3 is 2.53 bits per heavy atom. The average Bonchev–Trinajstić information content (AvgIpc) is 3.51. The molecule has 2 fully saturated rings. The maximum atomic E-state index is 12.9. The molecule has 34 heavy (non-hydrogen) atoms. The van der Waals surface area contributed by atoms with Crippen LogP contribution in [-0.4, -0.2) is 69.0 Å². The van der Waals surface area contributed by atoms with Crippen LogP contribution in [0.1, 0.15) is 74.9 Å². The Hall–Kier alpha value is -3.00. The summed E-state index contributed by atoms with van der Waals surface area (Å²) in [5.41, 5.74) is 2.81. The van der Waals surface area contributed by atoms with Gasteiger partial charge in [0.2, 0.25) is 5.95 Å². The molecule has 0 bridgehead atoms. The van der Waals surface area contributed by atoms with E-state index in [1.165, 1.54) is 31.2 Å². The summed E-state index contributed by atoms with van der Waals surface area (Å²) in [5, 5.41) is 4.16. The van der Waals surface area contributed by atoms with E-state index >= 15 is 0 Å². The molecule has 0 atom stereocenters. The molecule has 1 saturated carbocycles. The topological polar surface area (TPSA) is 79.2 Å². The fourth-order valence-corrected chi connectivity index (χ4v) is 5.41. The third-order valence-corrected chi connectivity index (χ3v) is 7.42. The van der Waals surface area contributed by atoms with Gasteiger partial charge in [0.15, 0.2) is 0 Å². The van der Waals surface area contributed by atoms with Gasteiger partial charge in [-0.3, -0.25) is 4.79 Å². The van der Waals surface area contributed by atoms with Gasteiger partial charge in [-0.25, -0.2) is 9.97 Å². The van der Waals surface area contributed by atoms with Crippen LogP contribution in [0.5, 0.6) is 0 Å². The summed E-state index contributed by atoms with van der Waals surface area (Å²) < 4.78 is 2.14. The van der Waals surface area contributed by atoms with E-state index in [0.717, 1.165) is 49.3 Å². The van der Waals surface area contributed by atoms with Crippen molar-refractivity contribution in [2.75, 3.05) is 39.0 Å². The third-order valence-electron chi connectivity index (χ3n) is 7.42. The summed E-state index contributed by atoms with van der Waals surface area (Å²) in [7, 11) is 3.58. The standard InChI is InChI=1S/C26H35N7O.H2/c1-4-32-13-11-18(12-14-32)19-9-10-23(27-16-19)29-26-28-17-20-15-22(25(34)31(2)3)33(24(20)30-26)21-7-5-6-8-21;/h9-10,15-18,21H,4-8,11-14H2,1-3H3,(H,27,28,29,30);1H. The molecule has 4 heterocycles. The number of fused-ring (bicyclic) bond motifs is 1. The Morgan fingerprint density at radius 1 is 1.12 bits per heavy atom. The van der Waals surface area contributed by atoms with Crippen LogP contribution in [0.2, 0.25) is 0 Å². The van der Waals surface area contributed by atoms with Crippen molar-refractivity contribution < 1.29 is 6.22 Å². The van der Waals surface area contributed by atoms with Crippen molar-refractivity contribution >= 4 is 28.7 Å². The van der Waals surface area contributed by atoms with Crippen molar-refractivity contribution in [3.63, 3.8) is 0 Å². The molecule has 2 aliphatic rings. The molecule has 1 aliphatic heterocycles. The van der Waals surface area contributed by atoms with Gasteiger partial charge in [-0.1, -0.05) is 25.8 Å². The molecular formula is C26H37N7O. The van der Waals surface area contributed by atoms with Crippen molar-refractivity contribution in [2.24, 2.45) is 0 Å². The van der Waals surface area contributed by atoms with Gasteiger partial charge in [0.25, 0.3) is 5.91 Å². The summed E-state index contributed by atoms with van der Waals surface area (Å²) in [6.45, 7) is 5.68. The molecule has 0 aromatic carbocycles. The van der Waals surface area contributed by atoms with Crippen LogP contribution < -0.4 is 5.32 Å². The number of carbonyl (C=O) groups is 1. The molecule has 1 aliphatic carbocycles. The average molecular weight is 464 g/mol. The number of carbonyl (C=O) groups excluding carboxylic acids is 1. The fourth-order valence-electron chi connectivity index (χ4n) is 5.41. The monoisotopic (exact) mass is 463 g/mol. The van der Waals surface area contributed by atoms with E-state index in [0.29, 0.717) is 23.6 Å². The highest BCUT2D eigenvalue weighted by Crippen LogP contribution is 2.35. The maximum absolute atomic E-state index is 12.9. The second-order valence-electron chi connectivity index (χ2n) is 9.82. The summed E-state index contributed by atoms with van der Waals surface area (Å²) in [5.74, 6) is 1.82. The highest BCUT2D eigenvalue weighted by Gasteiger charge is 2.26. The minimum Gasteiger partial charge on any atom is -0.343 e. The minimum absolute atomic E-state index is 0. The van der Waals surface area contributed by atoms with Gasteiger partial charge in [-0.15, -0.1) is 0 Å². The number of nitrogens with one attached hydrogen (secondary N) is 1. The van der Waals surface area contributed by atoms with Crippen molar-refractivity contribution in [1.29, 1.82) is 0 Å². The smallest absolute Gasteiger partial charge is 0.270 e. The number of anilines is 2. The van der Waals surface area contributed by atoms with Gasteiger partial charge >= 0.3 is 0 Å². The minimum atomic E-state index is 0. The highest BCUT2D eigenvalue weighted by atomic mass is 16.2. The number of nitrogens with zero attached hydrogens (tertiary/aromatic N) is 6. The van der Waals surface area contributed by atoms with Crippen LogP contribution in [-0.2, 0) is 0 Å². The molecule has 0 spiro atoms. The molecule has 3 aromatic rings. The van der Waals surface area contributed by atoms with Gasteiger partial charge in [0.05, 0.1) is 0 Å². The van der Waals surface area contributed by atoms with Gasteiger partial charge in [0.1, 0.15) is 17.2 Å². The Labute approximate surface area is 202 Å². The van der Waals surface area contributed by atoms with E-state index in [4.69, 9.17) is 4.98 Å². The number of piperidine rings is 1. The summed E-state index contributed by atoms with van der Waals surface area (Å²) in [6.07, 6.45) is 10.7. The number of hydrogen-bond donors (Lipinski definition) is 1. The zero-order valence-electron chi connectivity index (χ0n) is 20.5. The molecule has 3 aromatic heterocycles. The van der Waals surface area contributed by atoms with Gasteiger partial charge in [-0.05, 0) is 68.9 Å². The summed E-state index contributed by atoms with van der Waals surface area (Å²) in [6, 6.07) is 6.42. The second-order valence-corrected chi connectivity index (χ2v) is 9.82. The number of rotatable bonds is 6. The van der Waals surface area contributed by atoms with Gasteiger partial charge in [0, 0.05) is 39.3 Å². The predicted octanol–water partition coefficient (Wildman–Crippen LogP) is 4.83. The van der Waals surface area contributed by atoms with Crippen LogP contribution in [0.15, 0.2) is 30.6 Å². The summed E-state index contributed by atoms with van der Waals surface area (Å²) in [4.78, 5) is 31.0. The molecule has 182 valence electrons. The number of likely N-dealkylation sites (tertiary alicyclic amines) is 1. The van der Waals surface area contributed by atoms with Crippen LogP contribution >= 0.6 is 0 Å². The van der Waals surface area contributed by atoms with Crippen LogP contribution in [0.4, 0.5) is 11.8 Å². The number of hydrogen-bond acceptors (Lipinski definition) is 6. The van der Waals surface area contributed by atoms with Crippen LogP contribution in [0, 0.1) is 0 Å². The van der Waals surface area contributed by atoms with E-state index in [-0.39, 0.29) is 7.33 Å². The summed E-state index contributed by atoms with van der Waals surface area (Å²) >= 11 is 0. The maximum Gasteiger partial charge on any atom is 0.270 e. The molecule has 1 saturated heterocycles. The lowest BCUT2D eigenvalue weighted by atomic mass is 9.90. The van der Waals surface area contributed by atoms with E-state index in [1.54, 1.807) is 25.2 Å². The van der Waals surface area contributed by atoms with E-state index < -0.39 is 0 Å². The van der Waals surface area contributed by atoms with E-state index in [9.17, 15) is 4.79 Å². The molecule has 5 rings (SSSR count). The fraction of sp³-hybridized carbons (Fsp3) is 0.538.